The number of nitro groups is 1. The van der Waals surface area contributed by atoms with Gasteiger partial charge in [0.2, 0.25) is 0 Å². The molecule has 0 aliphatic heterocycles. The second-order valence-electron chi connectivity index (χ2n) is 3.34. The number of hydrogen-bond acceptors (Lipinski definition) is 5. The predicted octanol–water partition coefficient (Wildman–Crippen LogP) is 1.08. The Kier molecular flexibility index (Phi) is 3.23. The van der Waals surface area contributed by atoms with Gasteiger partial charge in [0.25, 0.3) is 11.6 Å². The van der Waals surface area contributed by atoms with Gasteiger partial charge in [-0.2, -0.15) is 15.4 Å². The number of carbonyl (C=O) groups excluding carboxylic acids is 1. The van der Waals surface area contributed by atoms with Crippen LogP contribution >= 0.6 is 22.6 Å². The lowest BCUT2D eigenvalue weighted by molar-refractivity contribution is -0.384. The second kappa shape index (κ2) is 4.68. The van der Waals surface area contributed by atoms with Crippen LogP contribution in [0.2, 0.25) is 0 Å². The van der Waals surface area contributed by atoms with Gasteiger partial charge in [0, 0.05) is 21.3 Å². The molecule has 0 saturated heterocycles. The van der Waals surface area contributed by atoms with Crippen LogP contribution in [0.25, 0.3) is 11.3 Å². The van der Waals surface area contributed by atoms with Crippen molar-refractivity contribution in [3.8, 4) is 11.3 Å². The van der Waals surface area contributed by atoms with Gasteiger partial charge in [-0.05, 0) is 28.7 Å². The molecule has 0 fully saturated rings. The fourth-order valence-corrected chi connectivity index (χ4v) is 2.07. The largest absolute Gasteiger partial charge is 0.364 e. The van der Waals surface area contributed by atoms with Crippen molar-refractivity contribution in [2.75, 3.05) is 0 Å². The van der Waals surface area contributed by atoms with E-state index < -0.39 is 10.8 Å². The summed E-state index contributed by atoms with van der Waals surface area (Å²) in [6.07, 6.45) is 0. The number of benzene rings is 1. The van der Waals surface area contributed by atoms with Gasteiger partial charge in [-0.25, -0.2) is 0 Å². The van der Waals surface area contributed by atoms with Gasteiger partial charge in [-0.1, -0.05) is 0 Å². The number of non-ortho nitro benzene ring substituents is 1. The molecule has 1 aromatic heterocycles. The molecule has 1 aromatic carbocycles. The van der Waals surface area contributed by atoms with Crippen molar-refractivity contribution >= 4 is 34.2 Å². The fraction of sp³-hybridized carbons (Fsp3) is 0. The highest BCUT2D eigenvalue weighted by molar-refractivity contribution is 14.1. The van der Waals surface area contributed by atoms with Crippen molar-refractivity contribution in [3.63, 3.8) is 0 Å². The van der Waals surface area contributed by atoms with Crippen molar-refractivity contribution in [3.05, 3.63) is 37.6 Å². The number of carbonyl (C=O) groups is 1. The number of rotatable bonds is 3. The molecular weight excluding hydrogens is 353 g/mol. The zero-order valence-corrected chi connectivity index (χ0v) is 10.9. The summed E-state index contributed by atoms with van der Waals surface area (Å²) in [5.74, 6) is -0.750. The van der Waals surface area contributed by atoms with E-state index in [1.54, 1.807) is 6.07 Å². The topological polar surface area (TPSA) is 128 Å². The molecule has 0 aliphatic rings. The Bertz CT molecular complexity index is 639. The third-order valence-electron chi connectivity index (χ3n) is 2.15. The molecule has 3 N–H and O–H groups in total. The summed E-state index contributed by atoms with van der Waals surface area (Å²) in [5.41, 5.74) is 5.61. The van der Waals surface area contributed by atoms with Crippen LogP contribution in [-0.4, -0.2) is 26.2 Å². The maximum Gasteiger partial charge on any atom is 0.271 e. The normalized spacial score (nSPS) is 10.3. The van der Waals surface area contributed by atoms with E-state index in [1.807, 2.05) is 22.6 Å². The summed E-state index contributed by atoms with van der Waals surface area (Å²) in [6, 6.07) is 4.37. The summed E-state index contributed by atoms with van der Waals surface area (Å²) in [4.78, 5) is 21.4. The number of aromatic amines is 1. The highest BCUT2D eigenvalue weighted by Crippen LogP contribution is 2.26. The van der Waals surface area contributed by atoms with E-state index in [-0.39, 0.29) is 17.1 Å². The summed E-state index contributed by atoms with van der Waals surface area (Å²) < 4.78 is 0.648. The third kappa shape index (κ3) is 2.30. The summed E-state index contributed by atoms with van der Waals surface area (Å²) in [5, 5.41) is 20.4. The molecule has 18 heavy (non-hydrogen) atoms. The van der Waals surface area contributed by atoms with Crippen molar-refractivity contribution in [2.45, 2.75) is 0 Å². The first kappa shape index (κ1) is 12.4. The van der Waals surface area contributed by atoms with Crippen LogP contribution in [0.1, 0.15) is 10.5 Å². The quantitative estimate of drug-likeness (QED) is 0.482. The average molecular weight is 359 g/mol. The number of nitrogens with zero attached hydrogens (tertiary/aromatic N) is 3. The van der Waals surface area contributed by atoms with Crippen LogP contribution < -0.4 is 5.73 Å². The Balaban J connectivity index is 2.60. The van der Waals surface area contributed by atoms with Crippen LogP contribution in [0.3, 0.4) is 0 Å². The van der Waals surface area contributed by atoms with Gasteiger partial charge in [0.1, 0.15) is 5.69 Å². The molecule has 1 amide bonds. The standard InChI is InChI=1S/C9H6IN5O3/c10-5-1-4(2-6(3-5)15(17)18)7-8(9(11)16)13-14-12-7/h1-3H,(H2,11,16)(H,12,13,14). The number of aromatic nitrogens is 3. The van der Waals surface area contributed by atoms with E-state index in [1.165, 1.54) is 12.1 Å². The smallest absolute Gasteiger partial charge is 0.271 e. The van der Waals surface area contributed by atoms with E-state index in [0.717, 1.165) is 0 Å². The van der Waals surface area contributed by atoms with Gasteiger partial charge in [0.05, 0.1) is 4.92 Å². The Morgan fingerprint density at radius 1 is 1.39 bits per heavy atom. The molecule has 0 atom stereocenters. The molecule has 1 heterocycles. The average Bonchev–Trinajstić information content (AvgIpc) is 2.76. The van der Waals surface area contributed by atoms with Gasteiger partial charge in [0.15, 0.2) is 5.69 Å². The minimum atomic E-state index is -0.750. The van der Waals surface area contributed by atoms with Crippen molar-refractivity contribution in [1.82, 2.24) is 15.4 Å². The van der Waals surface area contributed by atoms with Crippen LogP contribution in [0.4, 0.5) is 5.69 Å². The summed E-state index contributed by atoms with van der Waals surface area (Å²) >= 11 is 1.94. The van der Waals surface area contributed by atoms with Crippen LogP contribution in [0, 0.1) is 13.7 Å². The minimum absolute atomic E-state index is 0.0497. The molecule has 0 radical (unpaired) electrons. The highest BCUT2D eigenvalue weighted by atomic mass is 127. The van der Waals surface area contributed by atoms with Crippen molar-refractivity contribution in [1.29, 1.82) is 0 Å². The van der Waals surface area contributed by atoms with Gasteiger partial charge in [-0.3, -0.25) is 14.9 Å². The number of hydrogen-bond donors (Lipinski definition) is 2. The number of primary amides is 1. The Hall–Kier alpha value is -2.04. The Morgan fingerprint density at radius 3 is 2.72 bits per heavy atom. The lowest BCUT2D eigenvalue weighted by Gasteiger charge is -2.00. The van der Waals surface area contributed by atoms with E-state index in [9.17, 15) is 14.9 Å². The third-order valence-corrected chi connectivity index (χ3v) is 2.77. The molecule has 2 aromatic rings. The first-order chi connectivity index (χ1) is 8.49. The van der Waals surface area contributed by atoms with E-state index in [2.05, 4.69) is 15.4 Å². The maximum absolute atomic E-state index is 11.1. The lowest BCUT2D eigenvalue weighted by Crippen LogP contribution is -2.12. The Labute approximate surface area is 114 Å². The highest BCUT2D eigenvalue weighted by Gasteiger charge is 2.18. The molecule has 9 heteroatoms. The number of halogens is 1. The summed E-state index contributed by atoms with van der Waals surface area (Å²) in [6.45, 7) is 0. The number of amides is 1. The second-order valence-corrected chi connectivity index (χ2v) is 4.59. The minimum Gasteiger partial charge on any atom is -0.364 e. The molecule has 0 unspecified atom stereocenters. The number of nitrogens with two attached hydrogens (primary N) is 1. The van der Waals surface area contributed by atoms with E-state index in [0.29, 0.717) is 9.13 Å². The number of nitro benzene ring substituents is 1. The molecular formula is C9H6IN5O3. The zero-order valence-electron chi connectivity index (χ0n) is 8.75. The summed E-state index contributed by atoms with van der Waals surface area (Å²) in [7, 11) is 0. The molecule has 0 aliphatic carbocycles. The van der Waals surface area contributed by atoms with Gasteiger partial charge in [-0.15, -0.1) is 0 Å². The predicted molar refractivity (Wildman–Crippen MR) is 69.7 cm³/mol. The van der Waals surface area contributed by atoms with Gasteiger partial charge < -0.3 is 5.73 Å². The van der Waals surface area contributed by atoms with Crippen LogP contribution in [0.5, 0.6) is 0 Å². The SMILES string of the molecule is NC(=O)c1n[nH]nc1-c1cc(I)cc([N+](=O)[O-])c1. The first-order valence-electron chi connectivity index (χ1n) is 4.65. The molecule has 2 rings (SSSR count). The first-order valence-corrected chi connectivity index (χ1v) is 5.73. The van der Waals surface area contributed by atoms with Crippen molar-refractivity contribution < 1.29 is 9.72 Å². The molecule has 0 bridgehead atoms. The van der Waals surface area contributed by atoms with Crippen LogP contribution in [0.15, 0.2) is 18.2 Å². The van der Waals surface area contributed by atoms with E-state index in [4.69, 9.17) is 5.73 Å². The number of nitrogens with one attached hydrogen (secondary N) is 1. The molecule has 0 saturated carbocycles. The fourth-order valence-electron chi connectivity index (χ4n) is 1.42. The molecule has 8 nitrogen and oxygen atoms in total. The van der Waals surface area contributed by atoms with E-state index >= 15 is 0 Å². The van der Waals surface area contributed by atoms with Crippen molar-refractivity contribution in [2.24, 2.45) is 5.73 Å². The zero-order chi connectivity index (χ0) is 13.3. The Morgan fingerprint density at radius 2 is 2.11 bits per heavy atom. The van der Waals surface area contributed by atoms with Gasteiger partial charge >= 0.3 is 0 Å². The maximum atomic E-state index is 11.1. The molecule has 0 spiro atoms. The lowest BCUT2D eigenvalue weighted by atomic mass is 10.1. The number of H-pyrrole nitrogens is 1. The van der Waals surface area contributed by atoms with Crippen LogP contribution in [-0.2, 0) is 0 Å². The molecule has 92 valence electrons. The monoisotopic (exact) mass is 359 g/mol.